The van der Waals surface area contributed by atoms with Crippen LogP contribution < -0.4 is 22.8 Å². The summed E-state index contributed by atoms with van der Waals surface area (Å²) in [4.78, 5) is 0. The number of rotatable bonds is 15. The standard InChI is InChI=1S/C21H30N.2C20H28N.C19H26N.C18H24N/c1-14(2)10-18-8-9-19(16(5)11-18)21-12-17(6)20(15(3)4)13-22(21)7;1-13(2)17-8-9-18(15(5)10-17)20-11-19(14(3)4)16(6)12-21(20)7;1-13(2)17-8-9-18(15(5)10-17)20-11-16(6)19(14(3)4)12-21(20)7;1-7-16-8-9-17(14(4)10-16)19-11-18(13(2)3)15(5)12-20(19)6;1-12(2)17-10-18(19(6)11-15(17)5)16-8-7-13(3)9-14(16)4/h8-9,11-15H,10H2,1-7H3;2*8-14H,1-7H3;8-13H,7H2,1-6H3;7-12H,1-6H3/q5*+1. The van der Waals surface area contributed by atoms with Crippen LogP contribution in [0.25, 0.3) is 56.3 Å². The molecule has 0 aliphatic carbocycles. The molecule has 0 aliphatic rings. The second-order valence-corrected chi connectivity index (χ2v) is 32.8. The van der Waals surface area contributed by atoms with E-state index in [0.717, 1.165) is 12.8 Å². The molecule has 0 unspecified atom stereocenters. The Bertz CT molecular complexity index is 4540. The molecule has 0 N–H and O–H groups in total. The quantitative estimate of drug-likeness (QED) is 0.0912. The van der Waals surface area contributed by atoms with E-state index in [4.69, 9.17) is 0 Å². The van der Waals surface area contributed by atoms with Gasteiger partial charge >= 0.3 is 0 Å². The van der Waals surface area contributed by atoms with Crippen LogP contribution in [0.3, 0.4) is 0 Å². The van der Waals surface area contributed by atoms with Gasteiger partial charge in [-0.15, -0.1) is 0 Å². The van der Waals surface area contributed by atoms with Crippen molar-refractivity contribution >= 4 is 0 Å². The zero-order valence-electron chi connectivity index (χ0n) is 70.7. The molecule has 0 aliphatic heterocycles. The minimum atomic E-state index is 0.556. The molecule has 0 saturated carbocycles. The van der Waals surface area contributed by atoms with Crippen LogP contribution in [-0.2, 0) is 48.1 Å². The number of benzene rings is 5. The number of aromatic nitrogens is 5. The molecular formula is C98H136N5+5. The molecule has 5 aromatic heterocycles. The first-order chi connectivity index (χ1) is 48.2. The maximum atomic E-state index is 2.36. The highest BCUT2D eigenvalue weighted by Gasteiger charge is 2.24. The summed E-state index contributed by atoms with van der Waals surface area (Å²) in [6.45, 7) is 62.6. The molecule has 5 aromatic carbocycles. The van der Waals surface area contributed by atoms with E-state index in [-0.39, 0.29) is 0 Å². The van der Waals surface area contributed by atoms with Gasteiger partial charge in [-0.25, -0.2) is 22.8 Å². The van der Waals surface area contributed by atoms with Crippen molar-refractivity contribution in [1.82, 2.24) is 0 Å². The lowest BCUT2D eigenvalue weighted by molar-refractivity contribution is -0.661. The van der Waals surface area contributed by atoms with E-state index in [1.807, 2.05) is 0 Å². The predicted octanol–water partition coefficient (Wildman–Crippen LogP) is 23.9. The van der Waals surface area contributed by atoms with Gasteiger partial charge in [-0.3, -0.25) is 0 Å². The summed E-state index contributed by atoms with van der Waals surface area (Å²) in [6.07, 6.45) is 13.6. The maximum Gasteiger partial charge on any atom is 0.212 e. The fourth-order valence-corrected chi connectivity index (χ4v) is 15.0. The van der Waals surface area contributed by atoms with Gasteiger partial charge in [-0.05, 0) is 245 Å². The maximum absolute atomic E-state index is 2.36. The van der Waals surface area contributed by atoms with Gasteiger partial charge in [-0.1, -0.05) is 184 Å². The molecule has 0 fully saturated rings. The monoisotopic (exact) mass is 1380 g/mol. The summed E-state index contributed by atoms with van der Waals surface area (Å²) in [6, 6.07) is 45.9. The van der Waals surface area contributed by atoms with Crippen molar-refractivity contribution in [2.75, 3.05) is 0 Å². The van der Waals surface area contributed by atoms with Crippen molar-refractivity contribution in [1.29, 1.82) is 0 Å². The molecule has 0 bridgehead atoms. The normalized spacial score (nSPS) is 11.3. The molecule has 0 amide bonds. The lowest BCUT2D eigenvalue weighted by Crippen LogP contribution is -2.32. The van der Waals surface area contributed by atoms with Crippen LogP contribution in [0, 0.1) is 82.1 Å². The van der Waals surface area contributed by atoms with Gasteiger partial charge in [-0.2, -0.15) is 0 Å². The fourth-order valence-electron chi connectivity index (χ4n) is 15.0. The van der Waals surface area contributed by atoms with E-state index in [0.29, 0.717) is 47.3 Å². The molecule has 0 spiro atoms. The summed E-state index contributed by atoms with van der Waals surface area (Å²) in [5.74, 6) is 4.67. The van der Waals surface area contributed by atoms with E-state index in [2.05, 4.69) is 404 Å². The Labute approximate surface area is 628 Å². The Morgan fingerprint density at radius 1 is 0.243 bits per heavy atom. The van der Waals surface area contributed by atoms with E-state index in [9.17, 15) is 0 Å². The Hall–Kier alpha value is -8.15. The predicted molar refractivity (Wildman–Crippen MR) is 444 cm³/mol. The average molecular weight is 1380 g/mol. The molecule has 10 rings (SSSR count). The minimum absolute atomic E-state index is 0.556. The van der Waals surface area contributed by atoms with Crippen molar-refractivity contribution < 1.29 is 22.8 Å². The second kappa shape index (κ2) is 37.0. The Balaban J connectivity index is 0.000000202. The fraction of sp³-hybridized carbons (Fsp3) is 0.439. The molecule has 103 heavy (non-hydrogen) atoms. The number of hydrogen-bond acceptors (Lipinski definition) is 0. The summed E-state index contributed by atoms with van der Waals surface area (Å²) in [5.41, 5.74) is 41.0. The van der Waals surface area contributed by atoms with Crippen molar-refractivity contribution in [3.8, 4) is 56.3 Å². The molecule has 0 radical (unpaired) electrons. The summed E-state index contributed by atoms with van der Waals surface area (Å²) in [7, 11) is 10.7. The molecule has 0 saturated heterocycles. The number of aryl methyl sites for hydroxylation is 17. The largest absolute Gasteiger partial charge is 0.212 e. The number of nitrogens with zero attached hydrogens (tertiary/aromatic N) is 5. The molecule has 5 nitrogen and oxygen atoms in total. The lowest BCUT2D eigenvalue weighted by atomic mass is 9.93. The van der Waals surface area contributed by atoms with Crippen molar-refractivity contribution in [3.63, 3.8) is 0 Å². The van der Waals surface area contributed by atoms with Crippen molar-refractivity contribution in [2.45, 2.75) is 248 Å². The van der Waals surface area contributed by atoms with Crippen LogP contribution in [0.15, 0.2) is 152 Å². The van der Waals surface area contributed by atoms with E-state index >= 15 is 0 Å². The van der Waals surface area contributed by atoms with Gasteiger partial charge in [0.25, 0.3) is 0 Å². The van der Waals surface area contributed by atoms with Crippen LogP contribution in [0.4, 0.5) is 0 Å². The van der Waals surface area contributed by atoms with Crippen molar-refractivity contribution in [3.05, 3.63) is 264 Å². The first-order valence-electron chi connectivity index (χ1n) is 38.7. The number of pyridine rings is 5. The highest BCUT2D eigenvalue weighted by atomic mass is 14.9. The van der Waals surface area contributed by atoms with Crippen LogP contribution in [0.2, 0.25) is 0 Å². The van der Waals surface area contributed by atoms with Crippen molar-refractivity contribution in [2.24, 2.45) is 41.2 Å². The Morgan fingerprint density at radius 3 is 0.796 bits per heavy atom. The molecule has 5 heterocycles. The average Bonchev–Trinajstić information content (AvgIpc) is 0.827. The van der Waals surface area contributed by atoms with Gasteiger partial charge < -0.3 is 0 Å². The number of hydrogen-bond donors (Lipinski definition) is 0. The zero-order chi connectivity index (χ0) is 76.9. The third-order valence-electron chi connectivity index (χ3n) is 20.9. The first-order valence-corrected chi connectivity index (χ1v) is 38.7. The first kappa shape index (κ1) is 83.8. The van der Waals surface area contributed by atoms with Crippen LogP contribution in [0.1, 0.15) is 270 Å². The van der Waals surface area contributed by atoms with Crippen LogP contribution in [0.5, 0.6) is 0 Å². The van der Waals surface area contributed by atoms with E-state index < -0.39 is 0 Å². The molecule has 0 atom stereocenters. The topological polar surface area (TPSA) is 19.4 Å². The SMILES string of the molecule is CCc1ccc(-c2cc(C(C)C)c(C)c[n+]2C)c(C)c1.Cc1cc(C(C)C)ccc1-c1cc(C(C)C)c(C)c[n+]1C.Cc1cc(C(C)C)ccc1-c1cc(C)c(C(C)C)c[n+]1C.Cc1cc(CC(C)C)ccc1-c1cc(C)c(C(C)C)c[n+]1C.Cc1ccc(-c2cc(C(C)C)c(C)c[n+]2C)c(C)c1. The molecule has 548 valence electrons. The summed E-state index contributed by atoms with van der Waals surface area (Å²) < 4.78 is 11.3. The van der Waals surface area contributed by atoms with Gasteiger partial charge in [0.15, 0.2) is 31.0 Å². The van der Waals surface area contributed by atoms with Gasteiger partial charge in [0.2, 0.25) is 28.5 Å². The van der Waals surface area contributed by atoms with Crippen LogP contribution in [-0.4, -0.2) is 0 Å². The minimum Gasteiger partial charge on any atom is -0.201 e. The van der Waals surface area contributed by atoms with E-state index in [1.165, 1.54) is 168 Å². The smallest absolute Gasteiger partial charge is 0.201 e. The molecule has 5 heteroatoms. The Kier molecular flexibility index (Phi) is 30.1. The van der Waals surface area contributed by atoms with Crippen LogP contribution >= 0.6 is 0 Å². The molecule has 10 aromatic rings. The second-order valence-electron chi connectivity index (χ2n) is 32.8. The van der Waals surface area contributed by atoms with Gasteiger partial charge in [0.1, 0.15) is 35.2 Å². The van der Waals surface area contributed by atoms with Gasteiger partial charge in [0.05, 0.1) is 0 Å². The highest BCUT2D eigenvalue weighted by molar-refractivity contribution is 5.67. The third-order valence-corrected chi connectivity index (χ3v) is 20.9. The Morgan fingerprint density at radius 2 is 0.515 bits per heavy atom. The summed E-state index contributed by atoms with van der Waals surface area (Å²) in [5, 5.41) is 0. The van der Waals surface area contributed by atoms with E-state index in [1.54, 1.807) is 0 Å². The third kappa shape index (κ3) is 21.7. The lowest BCUT2D eigenvalue weighted by Gasteiger charge is -2.13. The summed E-state index contributed by atoms with van der Waals surface area (Å²) >= 11 is 0. The van der Waals surface area contributed by atoms with Gasteiger partial charge in [0, 0.05) is 86.0 Å². The molecular weight excluding hydrogens is 1250 g/mol. The highest BCUT2D eigenvalue weighted by Crippen LogP contribution is 2.33. The zero-order valence-corrected chi connectivity index (χ0v) is 70.7.